The van der Waals surface area contributed by atoms with Gasteiger partial charge in [-0.3, -0.25) is 4.68 Å². The van der Waals surface area contributed by atoms with Crippen LogP contribution < -0.4 is 10.1 Å². The molecule has 0 saturated heterocycles. The van der Waals surface area contributed by atoms with E-state index in [9.17, 15) is 0 Å². The number of fused-ring (bicyclic) bond motifs is 1. The predicted octanol–water partition coefficient (Wildman–Crippen LogP) is 4.99. The Kier molecular flexibility index (Phi) is 5.16. The highest BCUT2D eigenvalue weighted by molar-refractivity contribution is 5.87. The van der Waals surface area contributed by atoms with Crippen molar-refractivity contribution in [2.75, 3.05) is 5.32 Å². The van der Waals surface area contributed by atoms with E-state index in [4.69, 9.17) is 4.74 Å². The van der Waals surface area contributed by atoms with E-state index in [1.807, 2.05) is 51.5 Å². The molecule has 6 heteroatoms. The largest absolute Gasteiger partial charge is 0.491 e. The molecule has 0 fully saturated rings. The number of ether oxygens (including phenoxy) is 1. The van der Waals surface area contributed by atoms with Crippen LogP contribution in [0.5, 0.6) is 5.75 Å². The van der Waals surface area contributed by atoms with E-state index in [-0.39, 0.29) is 12.1 Å². The first-order chi connectivity index (χ1) is 14.0. The third-order valence-electron chi connectivity index (χ3n) is 4.74. The number of hydrogen-bond acceptors (Lipinski definition) is 5. The Morgan fingerprint density at radius 3 is 2.45 bits per heavy atom. The van der Waals surface area contributed by atoms with Gasteiger partial charge in [0.2, 0.25) is 0 Å². The lowest BCUT2D eigenvalue weighted by Crippen LogP contribution is -2.08. The van der Waals surface area contributed by atoms with Gasteiger partial charge >= 0.3 is 0 Å². The van der Waals surface area contributed by atoms with Gasteiger partial charge in [-0.15, -0.1) is 5.10 Å². The second-order valence-electron chi connectivity index (χ2n) is 7.51. The minimum Gasteiger partial charge on any atom is -0.491 e. The lowest BCUT2D eigenvalue weighted by atomic mass is 10.1. The SMILES string of the molecule is CC(C)Oc1ccc(C(C)Nc2cc3cc(-c4cn(C)nn4)ccc3cn2)cc1. The number of anilines is 1. The van der Waals surface area contributed by atoms with Gasteiger partial charge in [0, 0.05) is 30.2 Å². The minimum atomic E-state index is 0.122. The molecule has 0 spiro atoms. The Morgan fingerprint density at radius 1 is 0.966 bits per heavy atom. The molecule has 0 saturated carbocycles. The first-order valence-corrected chi connectivity index (χ1v) is 9.77. The third kappa shape index (κ3) is 4.37. The Labute approximate surface area is 170 Å². The minimum absolute atomic E-state index is 0.122. The molecule has 0 aliphatic carbocycles. The van der Waals surface area contributed by atoms with Gasteiger partial charge in [-0.05, 0) is 56.0 Å². The summed E-state index contributed by atoms with van der Waals surface area (Å²) in [6, 6.07) is 16.6. The van der Waals surface area contributed by atoms with Crippen LogP contribution in [0.1, 0.15) is 32.4 Å². The van der Waals surface area contributed by atoms with Crippen molar-refractivity contribution in [2.24, 2.45) is 7.05 Å². The molecule has 4 rings (SSSR count). The molecule has 1 N–H and O–H groups in total. The molecule has 2 aromatic heterocycles. The Balaban J connectivity index is 1.54. The van der Waals surface area contributed by atoms with Crippen molar-refractivity contribution in [3.8, 4) is 17.0 Å². The van der Waals surface area contributed by atoms with Gasteiger partial charge in [0.1, 0.15) is 17.3 Å². The molecule has 148 valence electrons. The van der Waals surface area contributed by atoms with Gasteiger partial charge in [-0.1, -0.05) is 29.5 Å². The Hall–Kier alpha value is -3.41. The maximum atomic E-state index is 5.72. The van der Waals surface area contributed by atoms with Crippen molar-refractivity contribution < 1.29 is 4.74 Å². The van der Waals surface area contributed by atoms with E-state index in [2.05, 4.69) is 57.9 Å². The number of nitrogens with zero attached hydrogens (tertiary/aromatic N) is 4. The second-order valence-corrected chi connectivity index (χ2v) is 7.51. The fourth-order valence-electron chi connectivity index (χ4n) is 3.27. The predicted molar refractivity (Wildman–Crippen MR) is 116 cm³/mol. The first kappa shape index (κ1) is 18.9. The van der Waals surface area contributed by atoms with Crippen LogP contribution in [0.25, 0.3) is 22.0 Å². The summed E-state index contributed by atoms with van der Waals surface area (Å²) in [5.41, 5.74) is 3.07. The molecular weight excluding hydrogens is 362 g/mol. The molecular formula is C23H25N5O. The summed E-state index contributed by atoms with van der Waals surface area (Å²) in [6.07, 6.45) is 3.98. The zero-order valence-corrected chi connectivity index (χ0v) is 17.1. The molecule has 1 unspecified atom stereocenters. The Bertz CT molecular complexity index is 1120. The van der Waals surface area contributed by atoms with Crippen LogP contribution >= 0.6 is 0 Å². The maximum absolute atomic E-state index is 5.72. The molecule has 0 radical (unpaired) electrons. The molecule has 1 atom stereocenters. The molecule has 0 bridgehead atoms. The summed E-state index contributed by atoms with van der Waals surface area (Å²) in [4.78, 5) is 4.57. The highest BCUT2D eigenvalue weighted by Crippen LogP contribution is 2.26. The smallest absolute Gasteiger partial charge is 0.126 e. The molecule has 6 nitrogen and oxygen atoms in total. The molecule has 0 amide bonds. The first-order valence-electron chi connectivity index (χ1n) is 9.77. The van der Waals surface area contributed by atoms with E-state index in [0.717, 1.165) is 33.6 Å². The number of rotatable bonds is 6. The zero-order valence-electron chi connectivity index (χ0n) is 17.1. The number of pyridine rings is 1. The van der Waals surface area contributed by atoms with Crippen molar-refractivity contribution in [1.29, 1.82) is 0 Å². The lowest BCUT2D eigenvalue weighted by Gasteiger charge is -2.16. The fraction of sp³-hybridized carbons (Fsp3) is 0.261. The van der Waals surface area contributed by atoms with Crippen molar-refractivity contribution in [1.82, 2.24) is 20.0 Å². The van der Waals surface area contributed by atoms with Crippen molar-refractivity contribution in [3.63, 3.8) is 0 Å². The van der Waals surface area contributed by atoms with Crippen LogP contribution in [0.4, 0.5) is 5.82 Å². The topological polar surface area (TPSA) is 64.9 Å². The van der Waals surface area contributed by atoms with Gasteiger partial charge in [0.05, 0.1) is 12.3 Å². The van der Waals surface area contributed by atoms with Crippen molar-refractivity contribution in [2.45, 2.75) is 32.9 Å². The molecule has 4 aromatic rings. The van der Waals surface area contributed by atoms with Crippen LogP contribution in [0.2, 0.25) is 0 Å². The molecule has 2 heterocycles. The summed E-state index contributed by atoms with van der Waals surface area (Å²) < 4.78 is 7.43. The number of nitrogens with one attached hydrogen (secondary N) is 1. The summed E-state index contributed by atoms with van der Waals surface area (Å²) in [7, 11) is 1.87. The average Bonchev–Trinajstić information content (AvgIpc) is 3.14. The van der Waals surface area contributed by atoms with Gasteiger partial charge in [-0.2, -0.15) is 0 Å². The number of benzene rings is 2. The lowest BCUT2D eigenvalue weighted by molar-refractivity contribution is 0.242. The van der Waals surface area contributed by atoms with Gasteiger partial charge < -0.3 is 10.1 Å². The second kappa shape index (κ2) is 7.91. The fourth-order valence-corrected chi connectivity index (χ4v) is 3.27. The van der Waals surface area contributed by atoms with Crippen LogP contribution in [-0.2, 0) is 7.05 Å². The number of aryl methyl sites for hydroxylation is 1. The van der Waals surface area contributed by atoms with Crippen molar-refractivity contribution >= 4 is 16.6 Å². The van der Waals surface area contributed by atoms with Gasteiger partial charge in [0.25, 0.3) is 0 Å². The Morgan fingerprint density at radius 2 is 1.76 bits per heavy atom. The summed E-state index contributed by atoms with van der Waals surface area (Å²) in [5, 5.41) is 13.9. The molecule has 29 heavy (non-hydrogen) atoms. The van der Waals surface area contributed by atoms with E-state index in [0.29, 0.717) is 0 Å². The summed E-state index contributed by atoms with van der Waals surface area (Å²) in [6.45, 7) is 6.18. The van der Waals surface area contributed by atoms with Crippen LogP contribution in [0.15, 0.2) is 60.9 Å². The average molecular weight is 387 g/mol. The van der Waals surface area contributed by atoms with E-state index in [1.54, 1.807) is 4.68 Å². The highest BCUT2D eigenvalue weighted by atomic mass is 16.5. The van der Waals surface area contributed by atoms with Crippen LogP contribution in [0, 0.1) is 0 Å². The van der Waals surface area contributed by atoms with E-state index < -0.39 is 0 Å². The van der Waals surface area contributed by atoms with E-state index >= 15 is 0 Å². The number of aromatic nitrogens is 4. The van der Waals surface area contributed by atoms with Crippen LogP contribution in [0.3, 0.4) is 0 Å². The monoisotopic (exact) mass is 387 g/mol. The molecule has 0 aliphatic heterocycles. The maximum Gasteiger partial charge on any atom is 0.126 e. The molecule has 0 aliphatic rings. The zero-order chi connectivity index (χ0) is 20.4. The van der Waals surface area contributed by atoms with E-state index in [1.165, 1.54) is 5.56 Å². The van der Waals surface area contributed by atoms with Crippen molar-refractivity contribution in [3.05, 3.63) is 66.5 Å². The third-order valence-corrected chi connectivity index (χ3v) is 4.74. The summed E-state index contributed by atoms with van der Waals surface area (Å²) >= 11 is 0. The normalized spacial score (nSPS) is 12.3. The van der Waals surface area contributed by atoms with Gasteiger partial charge in [-0.25, -0.2) is 4.98 Å². The quantitative estimate of drug-likeness (QED) is 0.505. The number of hydrogen-bond donors (Lipinski definition) is 1. The summed E-state index contributed by atoms with van der Waals surface area (Å²) in [5.74, 6) is 1.72. The van der Waals surface area contributed by atoms with Gasteiger partial charge in [0.15, 0.2) is 0 Å². The molecule has 2 aromatic carbocycles. The standard InChI is InChI=1S/C23H25N5O/c1-15(2)29-21-9-7-17(8-10-21)16(3)25-23-12-20-11-18(5-6-19(20)13-24-23)22-14-28(4)27-26-22/h5-16H,1-4H3,(H,24,25). The highest BCUT2D eigenvalue weighted by Gasteiger charge is 2.09. The van der Waals surface area contributed by atoms with Crippen LogP contribution in [-0.4, -0.2) is 26.1 Å².